The van der Waals surface area contributed by atoms with E-state index in [0.29, 0.717) is 0 Å². The van der Waals surface area contributed by atoms with Gasteiger partial charge >= 0.3 is 0 Å². The molecule has 2 atom stereocenters. The first-order valence-electron chi connectivity index (χ1n) is 4.18. The molecule has 0 aromatic heterocycles. The molecule has 0 aliphatic carbocycles. The van der Waals surface area contributed by atoms with Crippen LogP contribution in [0.25, 0.3) is 0 Å². The number of rotatable bonds is 0. The quantitative estimate of drug-likeness (QED) is 0.228. The average molecular weight is 644 g/mol. The largest absolute Gasteiger partial charge is 0.264 e. The van der Waals surface area contributed by atoms with Gasteiger partial charge in [-0.15, -0.1) is 0 Å². The Morgan fingerprint density at radius 1 is 0.714 bits per heavy atom. The van der Waals surface area contributed by atoms with Gasteiger partial charge in [0, 0.05) is 0 Å². The summed E-state index contributed by atoms with van der Waals surface area (Å²) in [6, 6.07) is 0. The van der Waals surface area contributed by atoms with Gasteiger partial charge in [0.1, 0.15) is 0 Å². The summed E-state index contributed by atoms with van der Waals surface area (Å²) in [7, 11) is 0. The summed E-state index contributed by atoms with van der Waals surface area (Å²) < 4.78 is 0.288. The molecule has 0 aromatic rings. The van der Waals surface area contributed by atoms with Crippen LogP contribution in [0.4, 0.5) is 0 Å². The second-order valence-corrected chi connectivity index (χ2v) is 13.9. The first-order valence-corrected chi connectivity index (χ1v) is 8.50. The second-order valence-electron chi connectivity index (χ2n) is 3.76. The summed E-state index contributed by atoms with van der Waals surface area (Å²) in [6.07, 6.45) is 0. The maximum Gasteiger partial charge on any atom is 0.185 e. The minimum Gasteiger partial charge on any atom is -0.264 e. The lowest BCUT2D eigenvalue weighted by molar-refractivity contribution is -0.218. The minimum atomic E-state index is 0.144. The van der Waals surface area contributed by atoms with E-state index in [2.05, 4.69) is 110 Å². The Morgan fingerprint density at radius 2 is 1.21 bits per heavy atom. The number of halogens is 4. The van der Waals surface area contributed by atoms with Crippen LogP contribution in [0.2, 0.25) is 0 Å². The van der Waals surface area contributed by atoms with Crippen molar-refractivity contribution in [3.8, 4) is 0 Å². The molecule has 4 bridgehead atoms. The average Bonchev–Trinajstić information content (AvgIpc) is 2.09. The number of hydrogen-bond donors (Lipinski definition) is 0. The molecule has 14 heavy (non-hydrogen) atoms. The van der Waals surface area contributed by atoms with Gasteiger partial charge in [-0.05, 0) is 90.4 Å². The zero-order chi connectivity index (χ0) is 10.1. The highest BCUT2D eigenvalue weighted by atomic mass is 127. The van der Waals surface area contributed by atoms with Crippen molar-refractivity contribution in [1.82, 2.24) is 19.6 Å². The number of nitrogens with zero attached hydrogens (tertiary/aromatic N) is 4. The molecular weight excluding hydrogens is 636 g/mol. The topological polar surface area (TPSA) is 13.0 Å². The lowest BCUT2D eigenvalue weighted by Crippen LogP contribution is -2.82. The predicted molar refractivity (Wildman–Crippen MR) is 88.4 cm³/mol. The maximum atomic E-state index is 2.56. The van der Waals surface area contributed by atoms with Gasteiger partial charge in [0.05, 0.1) is 26.7 Å². The summed E-state index contributed by atoms with van der Waals surface area (Å²) in [6.45, 7) is 4.40. The molecule has 4 aliphatic heterocycles. The zero-order valence-electron chi connectivity index (χ0n) is 7.13. The van der Waals surface area contributed by atoms with Gasteiger partial charge in [0.25, 0.3) is 0 Å². The second kappa shape index (κ2) is 3.63. The third-order valence-corrected chi connectivity index (χ3v) is 7.89. The summed E-state index contributed by atoms with van der Waals surface area (Å²) in [5.41, 5.74) is 0. The van der Waals surface area contributed by atoms with E-state index in [1.165, 1.54) is 0 Å². The van der Waals surface area contributed by atoms with Crippen molar-refractivity contribution in [2.45, 2.75) is 3.35 Å². The predicted octanol–water partition coefficient (Wildman–Crippen LogP) is 2.03. The van der Waals surface area contributed by atoms with Gasteiger partial charge in [-0.2, -0.15) is 0 Å². The molecule has 2 unspecified atom stereocenters. The first-order chi connectivity index (χ1) is 6.42. The van der Waals surface area contributed by atoms with Crippen molar-refractivity contribution >= 4 is 90.4 Å². The van der Waals surface area contributed by atoms with E-state index in [4.69, 9.17) is 0 Å². The van der Waals surface area contributed by atoms with Crippen LogP contribution in [0.1, 0.15) is 0 Å². The molecule has 4 rings (SSSR count). The highest BCUT2D eigenvalue weighted by Crippen LogP contribution is 2.55. The van der Waals surface area contributed by atoms with E-state index in [9.17, 15) is 0 Å². The Hall–Kier alpha value is 2.76. The van der Waals surface area contributed by atoms with Gasteiger partial charge in [0.2, 0.25) is 0 Å². The molecule has 4 nitrogen and oxygen atoms in total. The molecule has 80 valence electrons. The Labute approximate surface area is 138 Å². The van der Waals surface area contributed by atoms with Gasteiger partial charge < -0.3 is 0 Å². The third kappa shape index (κ3) is 1.53. The summed E-state index contributed by atoms with van der Waals surface area (Å²) in [5, 5.41) is 0. The fourth-order valence-electron chi connectivity index (χ4n) is 2.13. The molecule has 4 aliphatic rings. The standard InChI is InChI=1S/C6H8I4N4/c7-5(8)12-1-11-2-13(4-12)6(9,10)14(5)3-11/h1-4H2. The van der Waals surface area contributed by atoms with Crippen LogP contribution in [-0.4, -0.2) is 49.6 Å². The number of hydrogen-bond acceptors (Lipinski definition) is 4. The molecule has 4 heterocycles. The molecule has 4 saturated heterocycles. The lowest BCUT2D eigenvalue weighted by atomic mass is 10.4. The van der Waals surface area contributed by atoms with Crippen LogP contribution in [0, 0.1) is 0 Å². The highest BCUT2D eigenvalue weighted by molar-refractivity contribution is 14.2. The van der Waals surface area contributed by atoms with E-state index in [1.54, 1.807) is 0 Å². The van der Waals surface area contributed by atoms with E-state index >= 15 is 0 Å². The monoisotopic (exact) mass is 644 g/mol. The number of alkyl halides is 4. The summed E-state index contributed by atoms with van der Waals surface area (Å²) in [5.74, 6) is 0. The summed E-state index contributed by atoms with van der Waals surface area (Å²) in [4.78, 5) is 10.0. The van der Waals surface area contributed by atoms with Crippen molar-refractivity contribution in [2.75, 3.05) is 26.7 Å². The third-order valence-electron chi connectivity index (χ3n) is 2.83. The van der Waals surface area contributed by atoms with E-state index < -0.39 is 0 Å². The van der Waals surface area contributed by atoms with Crippen molar-refractivity contribution in [1.29, 1.82) is 0 Å². The maximum absolute atomic E-state index is 2.56. The van der Waals surface area contributed by atoms with Crippen LogP contribution in [0.3, 0.4) is 0 Å². The first kappa shape index (κ1) is 11.8. The fraction of sp³-hybridized carbons (Fsp3) is 1.00. The minimum absolute atomic E-state index is 0.144. The molecule has 0 saturated carbocycles. The Kier molecular flexibility index (Phi) is 3.07. The molecule has 8 heteroatoms. The van der Waals surface area contributed by atoms with Crippen LogP contribution in [-0.2, 0) is 0 Å². The molecule has 0 aromatic carbocycles. The van der Waals surface area contributed by atoms with Crippen LogP contribution >= 0.6 is 90.4 Å². The van der Waals surface area contributed by atoms with E-state index in [0.717, 1.165) is 26.7 Å². The SMILES string of the molecule is IC1(I)N2CN3CN(C2)C(I)(I)N1C3. The summed E-state index contributed by atoms with van der Waals surface area (Å²) >= 11 is 10.2. The zero-order valence-corrected chi connectivity index (χ0v) is 15.8. The molecule has 0 radical (unpaired) electrons. The smallest absolute Gasteiger partial charge is 0.185 e. The highest BCUT2D eigenvalue weighted by Gasteiger charge is 2.61. The van der Waals surface area contributed by atoms with Crippen molar-refractivity contribution in [3.63, 3.8) is 0 Å². The fourth-order valence-corrected chi connectivity index (χ4v) is 7.20. The normalized spacial score (nSPS) is 52.3. The van der Waals surface area contributed by atoms with Crippen LogP contribution in [0.5, 0.6) is 0 Å². The molecule has 0 spiro atoms. The molecule has 0 N–H and O–H groups in total. The van der Waals surface area contributed by atoms with Gasteiger partial charge in [-0.25, -0.2) is 14.7 Å². The van der Waals surface area contributed by atoms with Crippen molar-refractivity contribution in [3.05, 3.63) is 0 Å². The van der Waals surface area contributed by atoms with Crippen LogP contribution in [0.15, 0.2) is 0 Å². The lowest BCUT2D eigenvalue weighted by Gasteiger charge is -2.67. The van der Waals surface area contributed by atoms with E-state index in [-0.39, 0.29) is 3.35 Å². The van der Waals surface area contributed by atoms with Gasteiger partial charge in [0.15, 0.2) is 3.35 Å². The van der Waals surface area contributed by atoms with E-state index in [1.807, 2.05) is 0 Å². The molecule has 0 amide bonds. The van der Waals surface area contributed by atoms with Gasteiger partial charge in [-0.3, -0.25) is 4.90 Å². The Balaban J connectivity index is 2.04. The molecule has 4 fully saturated rings. The van der Waals surface area contributed by atoms with Crippen molar-refractivity contribution in [2.24, 2.45) is 0 Å². The van der Waals surface area contributed by atoms with Crippen molar-refractivity contribution < 1.29 is 0 Å². The molecular formula is C6H8I4N4. The van der Waals surface area contributed by atoms with Gasteiger partial charge in [-0.1, -0.05) is 0 Å². The Bertz CT molecular complexity index is 259. The Morgan fingerprint density at radius 3 is 1.71 bits per heavy atom. The van der Waals surface area contributed by atoms with Crippen LogP contribution < -0.4 is 0 Å².